The SMILES string of the molecule is O=C(O)c1cc(F)ccc1Oc1cncc2nnnn12. The van der Waals surface area contributed by atoms with Crippen LogP contribution in [-0.4, -0.2) is 36.1 Å². The fourth-order valence-electron chi connectivity index (χ4n) is 1.59. The number of carboxylic acids is 1. The first kappa shape index (κ1) is 12.0. The molecule has 2 aromatic heterocycles. The second kappa shape index (κ2) is 4.53. The molecule has 2 heterocycles. The minimum atomic E-state index is -1.31. The summed E-state index contributed by atoms with van der Waals surface area (Å²) in [7, 11) is 0. The van der Waals surface area contributed by atoms with Crippen molar-refractivity contribution in [3.8, 4) is 11.6 Å². The van der Waals surface area contributed by atoms with E-state index in [-0.39, 0.29) is 17.2 Å². The van der Waals surface area contributed by atoms with Crippen molar-refractivity contribution in [3.63, 3.8) is 0 Å². The van der Waals surface area contributed by atoms with Crippen LogP contribution in [0.3, 0.4) is 0 Å². The van der Waals surface area contributed by atoms with Crippen LogP contribution >= 0.6 is 0 Å². The number of rotatable bonds is 3. The van der Waals surface area contributed by atoms with Gasteiger partial charge in [-0.25, -0.2) is 9.18 Å². The third kappa shape index (κ3) is 2.00. The molecule has 0 aliphatic heterocycles. The lowest BCUT2D eigenvalue weighted by Gasteiger charge is -2.08. The van der Waals surface area contributed by atoms with Crippen molar-refractivity contribution in [2.45, 2.75) is 0 Å². The molecule has 0 saturated heterocycles. The number of tetrazole rings is 1. The molecule has 1 aromatic carbocycles. The number of hydrogen-bond acceptors (Lipinski definition) is 6. The predicted molar refractivity (Wildman–Crippen MR) is 62.0 cm³/mol. The molecule has 100 valence electrons. The van der Waals surface area contributed by atoms with E-state index in [0.29, 0.717) is 5.65 Å². The van der Waals surface area contributed by atoms with Crippen LogP contribution in [0.5, 0.6) is 11.6 Å². The van der Waals surface area contributed by atoms with E-state index >= 15 is 0 Å². The first-order valence-electron chi connectivity index (χ1n) is 5.38. The van der Waals surface area contributed by atoms with Gasteiger partial charge in [0.1, 0.15) is 17.1 Å². The number of ether oxygens (including phenoxy) is 1. The Morgan fingerprint density at radius 2 is 2.20 bits per heavy atom. The second-order valence-electron chi connectivity index (χ2n) is 3.74. The Kier molecular flexibility index (Phi) is 2.71. The maximum Gasteiger partial charge on any atom is 0.339 e. The van der Waals surface area contributed by atoms with Gasteiger partial charge < -0.3 is 9.84 Å². The van der Waals surface area contributed by atoms with Crippen LogP contribution in [0.1, 0.15) is 10.4 Å². The van der Waals surface area contributed by atoms with Gasteiger partial charge in [-0.05, 0) is 28.6 Å². The smallest absolute Gasteiger partial charge is 0.339 e. The van der Waals surface area contributed by atoms with Gasteiger partial charge in [-0.15, -0.1) is 5.10 Å². The Morgan fingerprint density at radius 1 is 1.35 bits per heavy atom. The van der Waals surface area contributed by atoms with E-state index in [2.05, 4.69) is 20.5 Å². The van der Waals surface area contributed by atoms with Gasteiger partial charge in [0.15, 0.2) is 0 Å². The van der Waals surface area contributed by atoms with Gasteiger partial charge in [0.25, 0.3) is 0 Å². The summed E-state index contributed by atoms with van der Waals surface area (Å²) in [5.74, 6) is -1.91. The predicted octanol–water partition coefficient (Wildman–Crippen LogP) is 1.15. The van der Waals surface area contributed by atoms with E-state index in [1.54, 1.807) is 0 Å². The Hall–Kier alpha value is -3.10. The number of carbonyl (C=O) groups is 1. The quantitative estimate of drug-likeness (QED) is 0.764. The van der Waals surface area contributed by atoms with Gasteiger partial charge >= 0.3 is 5.97 Å². The van der Waals surface area contributed by atoms with Crippen molar-refractivity contribution < 1.29 is 19.0 Å². The van der Waals surface area contributed by atoms with Crippen molar-refractivity contribution in [1.82, 2.24) is 25.0 Å². The van der Waals surface area contributed by atoms with Gasteiger partial charge in [-0.3, -0.25) is 4.98 Å². The van der Waals surface area contributed by atoms with Gasteiger partial charge in [0, 0.05) is 0 Å². The standard InChI is InChI=1S/C11H6FN5O3/c12-6-1-2-8(7(3-6)11(18)19)20-10-5-13-4-9-14-15-16-17(9)10/h1-5H,(H,18,19). The monoisotopic (exact) mass is 275 g/mol. The fraction of sp³-hybridized carbons (Fsp3) is 0. The highest BCUT2D eigenvalue weighted by molar-refractivity contribution is 5.90. The van der Waals surface area contributed by atoms with Gasteiger partial charge in [-0.1, -0.05) is 0 Å². The molecule has 1 N–H and O–H groups in total. The van der Waals surface area contributed by atoms with E-state index in [0.717, 1.165) is 12.1 Å². The zero-order valence-electron chi connectivity index (χ0n) is 9.76. The molecule has 3 rings (SSSR count). The molecule has 0 aliphatic rings. The lowest BCUT2D eigenvalue weighted by Crippen LogP contribution is -2.03. The highest BCUT2D eigenvalue weighted by Gasteiger charge is 2.15. The summed E-state index contributed by atoms with van der Waals surface area (Å²) in [6.07, 6.45) is 2.73. The molecule has 0 aliphatic carbocycles. The van der Waals surface area contributed by atoms with Gasteiger partial charge in [0.05, 0.1) is 12.4 Å². The van der Waals surface area contributed by atoms with Crippen LogP contribution in [0.4, 0.5) is 4.39 Å². The summed E-state index contributed by atoms with van der Waals surface area (Å²) in [4.78, 5) is 14.9. The zero-order chi connectivity index (χ0) is 14.1. The third-order valence-electron chi connectivity index (χ3n) is 2.46. The molecule has 8 nitrogen and oxygen atoms in total. The Labute approximate surface area is 110 Å². The van der Waals surface area contributed by atoms with Crippen molar-refractivity contribution in [1.29, 1.82) is 0 Å². The molecule has 9 heteroatoms. The maximum absolute atomic E-state index is 13.1. The Balaban J connectivity index is 2.07. The van der Waals surface area contributed by atoms with Crippen molar-refractivity contribution in [3.05, 3.63) is 42.0 Å². The van der Waals surface area contributed by atoms with Gasteiger partial charge in [0.2, 0.25) is 11.5 Å². The number of carboxylic acid groups (broad SMARTS) is 1. The summed E-state index contributed by atoms with van der Waals surface area (Å²) in [5.41, 5.74) is 0.0246. The molecular weight excluding hydrogens is 269 g/mol. The summed E-state index contributed by atoms with van der Waals surface area (Å²) in [6.45, 7) is 0. The van der Waals surface area contributed by atoms with E-state index in [9.17, 15) is 9.18 Å². The molecule has 0 bridgehead atoms. The number of aromatic nitrogens is 5. The Bertz CT molecular complexity index is 804. The third-order valence-corrected chi connectivity index (χ3v) is 2.46. The number of aromatic carboxylic acids is 1. The van der Waals surface area contributed by atoms with Crippen LogP contribution in [-0.2, 0) is 0 Å². The maximum atomic E-state index is 13.1. The molecular formula is C11H6FN5O3. The summed E-state index contributed by atoms with van der Waals surface area (Å²) < 4.78 is 19.7. The van der Waals surface area contributed by atoms with Crippen LogP contribution in [0.25, 0.3) is 5.65 Å². The number of halogens is 1. The summed E-state index contributed by atoms with van der Waals surface area (Å²) in [5, 5.41) is 19.8. The van der Waals surface area contributed by atoms with Crippen LogP contribution in [0.15, 0.2) is 30.6 Å². The largest absolute Gasteiger partial charge is 0.478 e. The van der Waals surface area contributed by atoms with Gasteiger partial charge in [-0.2, -0.15) is 4.52 Å². The normalized spacial score (nSPS) is 10.7. The van der Waals surface area contributed by atoms with Crippen LogP contribution in [0.2, 0.25) is 0 Å². The topological polar surface area (TPSA) is 102 Å². The van der Waals surface area contributed by atoms with Crippen LogP contribution < -0.4 is 4.74 Å². The lowest BCUT2D eigenvalue weighted by atomic mass is 10.2. The molecule has 0 radical (unpaired) electrons. The molecule has 0 atom stereocenters. The molecule has 0 saturated carbocycles. The van der Waals surface area contributed by atoms with E-state index < -0.39 is 11.8 Å². The van der Waals surface area contributed by atoms with Crippen molar-refractivity contribution >= 4 is 11.6 Å². The van der Waals surface area contributed by atoms with E-state index in [1.807, 2.05) is 0 Å². The van der Waals surface area contributed by atoms with Crippen molar-refractivity contribution in [2.24, 2.45) is 0 Å². The fourth-order valence-corrected chi connectivity index (χ4v) is 1.59. The van der Waals surface area contributed by atoms with E-state index in [1.165, 1.54) is 23.0 Å². The number of fused-ring (bicyclic) bond motifs is 1. The highest BCUT2D eigenvalue weighted by Crippen LogP contribution is 2.25. The Morgan fingerprint density at radius 3 is 3.00 bits per heavy atom. The molecule has 0 fully saturated rings. The highest BCUT2D eigenvalue weighted by atomic mass is 19.1. The second-order valence-corrected chi connectivity index (χ2v) is 3.74. The number of hydrogen-bond donors (Lipinski definition) is 1. The first-order valence-corrected chi connectivity index (χ1v) is 5.38. The molecule has 20 heavy (non-hydrogen) atoms. The van der Waals surface area contributed by atoms with E-state index in [4.69, 9.17) is 9.84 Å². The van der Waals surface area contributed by atoms with Crippen LogP contribution in [0, 0.1) is 5.82 Å². The summed E-state index contributed by atoms with van der Waals surface area (Å²) >= 11 is 0. The zero-order valence-corrected chi connectivity index (χ0v) is 9.76. The van der Waals surface area contributed by atoms with Crippen molar-refractivity contribution in [2.75, 3.05) is 0 Å². The lowest BCUT2D eigenvalue weighted by molar-refractivity contribution is 0.0693. The molecule has 0 amide bonds. The number of nitrogens with zero attached hydrogens (tertiary/aromatic N) is 5. The minimum Gasteiger partial charge on any atom is -0.478 e. The first-order chi connectivity index (χ1) is 9.65. The average Bonchev–Trinajstić information content (AvgIpc) is 2.90. The number of benzene rings is 1. The molecule has 0 unspecified atom stereocenters. The molecule has 0 spiro atoms. The minimum absolute atomic E-state index is 0.0382. The average molecular weight is 275 g/mol. The summed E-state index contributed by atoms with van der Waals surface area (Å²) in [6, 6.07) is 3.17. The molecule has 3 aromatic rings.